The van der Waals surface area contributed by atoms with Crippen molar-refractivity contribution in [1.82, 2.24) is 5.32 Å². The van der Waals surface area contributed by atoms with Gasteiger partial charge in [0.25, 0.3) is 0 Å². The molecular formula is C20H21NO4. The van der Waals surface area contributed by atoms with Crippen molar-refractivity contribution >= 4 is 5.97 Å². The lowest BCUT2D eigenvalue weighted by Gasteiger charge is -2.45. The fourth-order valence-electron chi connectivity index (χ4n) is 4.05. The minimum absolute atomic E-state index is 0.00843. The van der Waals surface area contributed by atoms with Crippen molar-refractivity contribution in [3.05, 3.63) is 59.2 Å². The van der Waals surface area contributed by atoms with Gasteiger partial charge < -0.3 is 20.3 Å². The molecule has 25 heavy (non-hydrogen) atoms. The van der Waals surface area contributed by atoms with Crippen LogP contribution < -0.4 is 10.1 Å². The molecule has 2 aromatic rings. The highest BCUT2D eigenvalue weighted by atomic mass is 16.5. The molecule has 0 amide bonds. The number of benzene rings is 2. The van der Waals surface area contributed by atoms with Crippen molar-refractivity contribution in [1.29, 1.82) is 0 Å². The molecular weight excluding hydrogens is 318 g/mol. The zero-order valence-electron chi connectivity index (χ0n) is 13.9. The van der Waals surface area contributed by atoms with Gasteiger partial charge in [-0.2, -0.15) is 0 Å². The summed E-state index contributed by atoms with van der Waals surface area (Å²) in [5.41, 5.74) is 1.84. The molecule has 0 aromatic heterocycles. The highest BCUT2D eigenvalue weighted by molar-refractivity contribution is 5.87. The van der Waals surface area contributed by atoms with Gasteiger partial charge in [0.05, 0.1) is 5.56 Å². The first-order valence-corrected chi connectivity index (χ1v) is 8.63. The van der Waals surface area contributed by atoms with Crippen molar-refractivity contribution in [2.45, 2.75) is 30.8 Å². The van der Waals surface area contributed by atoms with E-state index >= 15 is 0 Å². The largest absolute Gasteiger partial charge is 0.508 e. The van der Waals surface area contributed by atoms with E-state index in [-0.39, 0.29) is 22.8 Å². The number of hydrogen-bond donors (Lipinski definition) is 3. The second kappa shape index (κ2) is 6.08. The predicted molar refractivity (Wildman–Crippen MR) is 93.4 cm³/mol. The number of carboxylic acid groups (broad SMARTS) is 1. The van der Waals surface area contributed by atoms with Gasteiger partial charge in [-0.1, -0.05) is 18.2 Å². The molecule has 2 aromatic carbocycles. The first kappa shape index (κ1) is 16.0. The maximum absolute atomic E-state index is 11.1. The highest BCUT2D eigenvalue weighted by Gasteiger charge is 2.43. The lowest BCUT2D eigenvalue weighted by molar-refractivity contribution is 0.0107. The SMILES string of the molecule is O=C(O)c1ccc(C2CC3(CCNCC3)Oc3cccc(O)c32)cc1. The molecule has 1 saturated heterocycles. The fraction of sp³-hybridized carbons (Fsp3) is 0.350. The van der Waals surface area contributed by atoms with E-state index in [0.29, 0.717) is 0 Å². The molecule has 0 aliphatic carbocycles. The van der Waals surface area contributed by atoms with Gasteiger partial charge in [-0.3, -0.25) is 0 Å². The van der Waals surface area contributed by atoms with Crippen molar-refractivity contribution in [3.8, 4) is 11.5 Å². The van der Waals surface area contributed by atoms with Crippen LogP contribution in [-0.2, 0) is 0 Å². The van der Waals surface area contributed by atoms with Crippen LogP contribution >= 0.6 is 0 Å². The molecule has 0 bridgehead atoms. The molecule has 0 radical (unpaired) electrons. The van der Waals surface area contributed by atoms with Crippen molar-refractivity contribution < 1.29 is 19.7 Å². The molecule has 1 atom stereocenters. The number of phenolic OH excluding ortho intramolecular Hbond substituents is 1. The molecule has 2 heterocycles. The second-order valence-electron chi connectivity index (χ2n) is 6.91. The number of ether oxygens (including phenoxy) is 1. The number of phenols is 1. The Balaban J connectivity index is 1.78. The quantitative estimate of drug-likeness (QED) is 0.783. The molecule has 2 aliphatic rings. The second-order valence-corrected chi connectivity index (χ2v) is 6.91. The van der Waals surface area contributed by atoms with E-state index < -0.39 is 5.97 Å². The van der Waals surface area contributed by atoms with Gasteiger partial charge >= 0.3 is 5.97 Å². The summed E-state index contributed by atoms with van der Waals surface area (Å²) in [6, 6.07) is 12.4. The van der Waals surface area contributed by atoms with Crippen LogP contribution in [-0.4, -0.2) is 34.9 Å². The summed E-state index contributed by atoms with van der Waals surface area (Å²) in [6.07, 6.45) is 2.63. The molecule has 3 N–H and O–H groups in total. The third-order valence-corrected chi connectivity index (χ3v) is 5.37. The van der Waals surface area contributed by atoms with Crippen LogP contribution in [0.5, 0.6) is 11.5 Å². The summed E-state index contributed by atoms with van der Waals surface area (Å²) in [5, 5.41) is 22.9. The van der Waals surface area contributed by atoms with Crippen LogP contribution in [0.25, 0.3) is 0 Å². The minimum Gasteiger partial charge on any atom is -0.508 e. The molecule has 130 valence electrons. The number of hydrogen-bond acceptors (Lipinski definition) is 4. The number of aromatic carboxylic acids is 1. The highest BCUT2D eigenvalue weighted by Crippen LogP contribution is 2.50. The van der Waals surface area contributed by atoms with Crippen LogP contribution in [0, 0.1) is 0 Å². The fourth-order valence-corrected chi connectivity index (χ4v) is 4.05. The number of aromatic hydroxyl groups is 1. The predicted octanol–water partition coefficient (Wildman–Crippen LogP) is 3.13. The van der Waals surface area contributed by atoms with E-state index in [9.17, 15) is 9.90 Å². The lowest BCUT2D eigenvalue weighted by atomic mass is 9.74. The molecule has 1 spiro atoms. The normalized spacial score (nSPS) is 21.4. The Labute approximate surface area is 146 Å². The summed E-state index contributed by atoms with van der Waals surface area (Å²) in [7, 11) is 0. The van der Waals surface area contributed by atoms with Crippen LogP contribution in [0.2, 0.25) is 0 Å². The van der Waals surface area contributed by atoms with E-state index in [1.54, 1.807) is 24.3 Å². The third-order valence-electron chi connectivity index (χ3n) is 5.37. The molecule has 2 aliphatic heterocycles. The van der Waals surface area contributed by atoms with Crippen LogP contribution in [0.15, 0.2) is 42.5 Å². The van der Waals surface area contributed by atoms with Gasteiger partial charge in [-0.25, -0.2) is 4.79 Å². The Morgan fingerprint density at radius 3 is 2.52 bits per heavy atom. The van der Waals surface area contributed by atoms with E-state index in [1.807, 2.05) is 18.2 Å². The summed E-state index contributed by atoms with van der Waals surface area (Å²) in [6.45, 7) is 1.83. The number of piperidine rings is 1. The topological polar surface area (TPSA) is 78.8 Å². The van der Waals surface area contributed by atoms with E-state index in [1.165, 1.54) is 0 Å². The number of rotatable bonds is 2. The number of carbonyl (C=O) groups is 1. The Kier molecular flexibility index (Phi) is 3.88. The van der Waals surface area contributed by atoms with Crippen LogP contribution in [0.3, 0.4) is 0 Å². The summed E-state index contributed by atoms with van der Waals surface area (Å²) in [5.74, 6) is 0.0246. The molecule has 4 rings (SSSR count). The van der Waals surface area contributed by atoms with Crippen LogP contribution in [0.1, 0.15) is 46.7 Å². The molecule has 5 heteroatoms. The average molecular weight is 339 g/mol. The number of fused-ring (bicyclic) bond motifs is 1. The molecule has 1 fully saturated rings. The van der Waals surface area contributed by atoms with Gasteiger partial charge in [-0.05, 0) is 62.2 Å². The Bertz CT molecular complexity index is 794. The molecule has 1 unspecified atom stereocenters. The van der Waals surface area contributed by atoms with Gasteiger partial charge in [0.15, 0.2) is 0 Å². The third kappa shape index (κ3) is 2.85. The van der Waals surface area contributed by atoms with E-state index in [4.69, 9.17) is 9.84 Å². The maximum Gasteiger partial charge on any atom is 0.335 e. The Morgan fingerprint density at radius 2 is 1.84 bits per heavy atom. The van der Waals surface area contributed by atoms with Crippen molar-refractivity contribution in [2.24, 2.45) is 0 Å². The number of nitrogens with one attached hydrogen (secondary N) is 1. The summed E-state index contributed by atoms with van der Waals surface area (Å²) in [4.78, 5) is 11.1. The minimum atomic E-state index is -0.934. The Morgan fingerprint density at radius 1 is 1.12 bits per heavy atom. The van der Waals surface area contributed by atoms with Gasteiger partial charge in [0.1, 0.15) is 17.1 Å². The molecule has 0 saturated carbocycles. The maximum atomic E-state index is 11.1. The van der Waals surface area contributed by atoms with E-state index in [0.717, 1.165) is 49.2 Å². The Hall–Kier alpha value is -2.53. The van der Waals surface area contributed by atoms with Gasteiger partial charge in [-0.15, -0.1) is 0 Å². The van der Waals surface area contributed by atoms with Crippen molar-refractivity contribution in [2.75, 3.05) is 13.1 Å². The zero-order chi connectivity index (χ0) is 17.4. The summed E-state index contributed by atoms with van der Waals surface area (Å²) < 4.78 is 6.36. The average Bonchev–Trinajstić information content (AvgIpc) is 2.62. The number of carboxylic acids is 1. The first-order valence-electron chi connectivity index (χ1n) is 8.63. The molecule has 5 nitrogen and oxygen atoms in total. The lowest BCUT2D eigenvalue weighted by Crippen LogP contribution is -2.49. The monoisotopic (exact) mass is 339 g/mol. The first-order chi connectivity index (χ1) is 12.1. The smallest absolute Gasteiger partial charge is 0.335 e. The zero-order valence-corrected chi connectivity index (χ0v) is 13.9. The standard InChI is InChI=1S/C20H21NO4/c22-16-2-1-3-17-18(16)15(12-20(25-17)8-10-21-11-9-20)13-4-6-14(7-5-13)19(23)24/h1-7,15,21-22H,8-12H2,(H,23,24). The van der Waals surface area contributed by atoms with E-state index in [2.05, 4.69) is 5.32 Å². The van der Waals surface area contributed by atoms with Gasteiger partial charge in [0, 0.05) is 11.5 Å². The van der Waals surface area contributed by atoms with Gasteiger partial charge in [0.2, 0.25) is 0 Å². The van der Waals surface area contributed by atoms with Crippen LogP contribution in [0.4, 0.5) is 0 Å². The summed E-state index contributed by atoms with van der Waals surface area (Å²) >= 11 is 0. The van der Waals surface area contributed by atoms with Crippen molar-refractivity contribution in [3.63, 3.8) is 0 Å².